The van der Waals surface area contributed by atoms with Gasteiger partial charge in [0.25, 0.3) is 0 Å². The van der Waals surface area contributed by atoms with Gasteiger partial charge in [0.1, 0.15) is 5.82 Å². The molecule has 0 amide bonds. The lowest BCUT2D eigenvalue weighted by molar-refractivity contribution is 0.432. The number of hydrogen-bond donors (Lipinski definition) is 1. The second-order valence-corrected chi connectivity index (χ2v) is 4.16. The predicted octanol–water partition coefficient (Wildman–Crippen LogP) is 3.34. The quantitative estimate of drug-likeness (QED) is 0.688. The Balaban J connectivity index is 2.48. The molecule has 0 fully saturated rings. The molecule has 0 bridgehead atoms. The Morgan fingerprint density at radius 3 is 2.40 bits per heavy atom. The van der Waals surface area contributed by atoms with Gasteiger partial charge in [0, 0.05) is 5.56 Å². The summed E-state index contributed by atoms with van der Waals surface area (Å²) in [6.45, 7) is 2.22. The zero-order valence-corrected chi connectivity index (χ0v) is 10.6. The molecule has 0 saturated carbocycles. The molecule has 20 heavy (non-hydrogen) atoms. The van der Waals surface area contributed by atoms with Gasteiger partial charge in [-0.15, -0.1) is 0 Å². The normalized spacial score (nSPS) is 12.4. The largest absolute Gasteiger partial charge is 0.305 e. The van der Waals surface area contributed by atoms with Crippen molar-refractivity contribution in [1.29, 1.82) is 0 Å². The van der Waals surface area contributed by atoms with Crippen molar-refractivity contribution in [2.45, 2.75) is 13.0 Å². The SMILES string of the molecule is CCNC(c1ccc(F)cn1)c1ccc(F)c(F)c1F. The van der Waals surface area contributed by atoms with Gasteiger partial charge in [0.2, 0.25) is 0 Å². The number of rotatable bonds is 4. The fourth-order valence-electron chi connectivity index (χ4n) is 1.90. The summed E-state index contributed by atoms with van der Waals surface area (Å²) in [7, 11) is 0. The number of hydrogen-bond acceptors (Lipinski definition) is 2. The summed E-state index contributed by atoms with van der Waals surface area (Å²) in [6.07, 6.45) is 0.984. The van der Waals surface area contributed by atoms with E-state index in [0.717, 1.165) is 18.3 Å². The van der Waals surface area contributed by atoms with Gasteiger partial charge >= 0.3 is 0 Å². The number of halogens is 4. The summed E-state index contributed by atoms with van der Waals surface area (Å²) in [5.41, 5.74) is 0.239. The zero-order valence-electron chi connectivity index (χ0n) is 10.6. The molecule has 1 heterocycles. The van der Waals surface area contributed by atoms with Gasteiger partial charge in [-0.3, -0.25) is 4.98 Å². The van der Waals surface area contributed by atoms with Crippen LogP contribution in [0.4, 0.5) is 17.6 Å². The van der Waals surface area contributed by atoms with E-state index in [4.69, 9.17) is 0 Å². The lowest BCUT2D eigenvalue weighted by Crippen LogP contribution is -2.24. The van der Waals surface area contributed by atoms with E-state index < -0.39 is 29.3 Å². The standard InChI is InChI=1S/C14H12F4N2/c1-2-19-14(11-6-3-8(15)7-20-11)9-4-5-10(16)13(18)12(9)17/h3-7,14,19H,2H2,1H3. The second kappa shape index (κ2) is 6.00. The van der Waals surface area contributed by atoms with E-state index >= 15 is 0 Å². The third-order valence-electron chi connectivity index (χ3n) is 2.83. The Kier molecular flexibility index (Phi) is 4.34. The maximum Gasteiger partial charge on any atom is 0.194 e. The molecule has 1 aromatic carbocycles. The lowest BCUT2D eigenvalue weighted by Gasteiger charge is -2.18. The van der Waals surface area contributed by atoms with Crippen LogP contribution in [-0.2, 0) is 0 Å². The van der Waals surface area contributed by atoms with Gasteiger partial charge < -0.3 is 5.32 Å². The van der Waals surface area contributed by atoms with Gasteiger partial charge in [-0.05, 0) is 24.7 Å². The molecule has 1 unspecified atom stereocenters. The maximum atomic E-state index is 13.8. The van der Waals surface area contributed by atoms with Crippen LogP contribution in [0.3, 0.4) is 0 Å². The van der Waals surface area contributed by atoms with Crippen LogP contribution in [0.5, 0.6) is 0 Å². The summed E-state index contributed by atoms with van der Waals surface area (Å²) in [5.74, 6) is -4.60. The molecule has 0 radical (unpaired) electrons. The molecule has 0 aliphatic heterocycles. The van der Waals surface area contributed by atoms with Crippen molar-refractivity contribution >= 4 is 0 Å². The van der Waals surface area contributed by atoms with Crippen molar-refractivity contribution < 1.29 is 17.6 Å². The van der Waals surface area contributed by atoms with Crippen LogP contribution in [-0.4, -0.2) is 11.5 Å². The van der Waals surface area contributed by atoms with Crippen molar-refractivity contribution in [3.63, 3.8) is 0 Å². The highest BCUT2D eigenvalue weighted by Gasteiger charge is 2.22. The number of nitrogens with zero attached hydrogens (tertiary/aromatic N) is 1. The van der Waals surface area contributed by atoms with E-state index in [1.165, 1.54) is 12.1 Å². The molecule has 1 aromatic heterocycles. The van der Waals surface area contributed by atoms with Crippen molar-refractivity contribution in [1.82, 2.24) is 10.3 Å². The Morgan fingerprint density at radius 1 is 1.05 bits per heavy atom. The average molecular weight is 284 g/mol. The first-order valence-electron chi connectivity index (χ1n) is 6.02. The number of pyridine rings is 1. The zero-order chi connectivity index (χ0) is 14.7. The maximum absolute atomic E-state index is 13.8. The minimum absolute atomic E-state index is 0.0788. The molecule has 1 N–H and O–H groups in total. The average Bonchev–Trinajstić information content (AvgIpc) is 2.44. The van der Waals surface area contributed by atoms with Gasteiger partial charge in [0.05, 0.1) is 17.9 Å². The molecule has 6 heteroatoms. The van der Waals surface area contributed by atoms with Crippen LogP contribution in [0.25, 0.3) is 0 Å². The van der Waals surface area contributed by atoms with Gasteiger partial charge in [0.15, 0.2) is 17.5 Å². The minimum Gasteiger partial charge on any atom is -0.305 e. The van der Waals surface area contributed by atoms with Crippen molar-refractivity contribution in [3.8, 4) is 0 Å². The van der Waals surface area contributed by atoms with Crippen LogP contribution in [0.1, 0.15) is 24.2 Å². The van der Waals surface area contributed by atoms with E-state index in [9.17, 15) is 17.6 Å². The summed E-state index contributed by atoms with van der Waals surface area (Å²) in [6, 6.07) is 3.75. The first kappa shape index (κ1) is 14.5. The van der Waals surface area contributed by atoms with Gasteiger partial charge in [-0.1, -0.05) is 13.0 Å². The van der Waals surface area contributed by atoms with Crippen LogP contribution in [0.2, 0.25) is 0 Å². The Bertz CT molecular complexity index is 599. The Labute approximate surface area is 113 Å². The Hall–Kier alpha value is -1.95. The molecule has 0 spiro atoms. The molecule has 106 valence electrons. The third-order valence-corrected chi connectivity index (χ3v) is 2.83. The van der Waals surface area contributed by atoms with Crippen molar-refractivity contribution in [2.24, 2.45) is 0 Å². The van der Waals surface area contributed by atoms with Crippen LogP contribution in [0, 0.1) is 23.3 Å². The molecule has 0 aliphatic rings. The summed E-state index contributed by atoms with van der Waals surface area (Å²) < 4.78 is 53.0. The van der Waals surface area contributed by atoms with E-state index in [1.54, 1.807) is 6.92 Å². The molecule has 2 rings (SSSR count). The first-order chi connectivity index (χ1) is 9.54. The predicted molar refractivity (Wildman–Crippen MR) is 66.0 cm³/mol. The summed E-state index contributed by atoms with van der Waals surface area (Å²) in [4.78, 5) is 3.85. The van der Waals surface area contributed by atoms with E-state index in [1.807, 2.05) is 0 Å². The molecule has 2 nitrogen and oxygen atoms in total. The second-order valence-electron chi connectivity index (χ2n) is 4.16. The van der Waals surface area contributed by atoms with Crippen molar-refractivity contribution in [3.05, 3.63) is 65.0 Å². The lowest BCUT2D eigenvalue weighted by atomic mass is 10.0. The highest BCUT2D eigenvalue weighted by molar-refractivity contribution is 5.30. The minimum atomic E-state index is -1.53. The number of aromatic nitrogens is 1. The van der Waals surface area contributed by atoms with E-state index in [0.29, 0.717) is 12.2 Å². The molecule has 1 atom stereocenters. The fourth-order valence-corrected chi connectivity index (χ4v) is 1.90. The van der Waals surface area contributed by atoms with E-state index in [2.05, 4.69) is 10.3 Å². The summed E-state index contributed by atoms with van der Waals surface area (Å²) in [5, 5.41) is 2.91. The van der Waals surface area contributed by atoms with Crippen molar-refractivity contribution in [2.75, 3.05) is 6.54 Å². The van der Waals surface area contributed by atoms with Gasteiger partial charge in [-0.25, -0.2) is 17.6 Å². The van der Waals surface area contributed by atoms with Crippen LogP contribution < -0.4 is 5.32 Å². The third kappa shape index (κ3) is 2.80. The van der Waals surface area contributed by atoms with Crippen LogP contribution >= 0.6 is 0 Å². The highest BCUT2D eigenvalue weighted by Crippen LogP contribution is 2.25. The van der Waals surface area contributed by atoms with Gasteiger partial charge in [-0.2, -0.15) is 0 Å². The molecule has 0 saturated heterocycles. The smallest absolute Gasteiger partial charge is 0.194 e. The molecular formula is C14H12F4N2. The molecule has 2 aromatic rings. The van der Waals surface area contributed by atoms with Crippen LogP contribution in [0.15, 0.2) is 30.5 Å². The van der Waals surface area contributed by atoms with E-state index in [-0.39, 0.29) is 5.56 Å². The summed E-state index contributed by atoms with van der Waals surface area (Å²) >= 11 is 0. The fraction of sp³-hybridized carbons (Fsp3) is 0.214. The highest BCUT2D eigenvalue weighted by atomic mass is 19.2. The number of benzene rings is 1. The first-order valence-corrected chi connectivity index (χ1v) is 6.02. The topological polar surface area (TPSA) is 24.9 Å². The Morgan fingerprint density at radius 2 is 1.80 bits per heavy atom. The molecular weight excluding hydrogens is 272 g/mol. The number of nitrogens with one attached hydrogen (secondary N) is 1. The molecule has 0 aliphatic carbocycles. The monoisotopic (exact) mass is 284 g/mol.